The van der Waals surface area contributed by atoms with Crippen molar-refractivity contribution in [2.45, 2.75) is 19.4 Å². The molecule has 3 rings (SSSR count). The lowest BCUT2D eigenvalue weighted by Gasteiger charge is -2.24. The minimum absolute atomic E-state index is 0.0613. The van der Waals surface area contributed by atoms with E-state index in [1.165, 1.54) is 4.31 Å². The van der Waals surface area contributed by atoms with Crippen LogP contribution in [0, 0.1) is 0 Å². The average Bonchev–Trinajstić information content (AvgIpc) is 2.78. The van der Waals surface area contributed by atoms with E-state index in [0.29, 0.717) is 23.4 Å². The summed E-state index contributed by atoms with van der Waals surface area (Å²) in [7, 11) is -3.62. The number of benzene rings is 3. The third-order valence-corrected chi connectivity index (χ3v) is 7.02. The lowest BCUT2D eigenvalue weighted by atomic mass is 10.0. The van der Waals surface area contributed by atoms with E-state index in [1.54, 1.807) is 42.5 Å². The van der Waals surface area contributed by atoms with Gasteiger partial charge in [-0.15, -0.1) is 0 Å². The van der Waals surface area contributed by atoms with Crippen molar-refractivity contribution in [3.8, 4) is 0 Å². The summed E-state index contributed by atoms with van der Waals surface area (Å²) in [5.41, 5.74) is 2.67. The second-order valence-electron chi connectivity index (χ2n) is 7.56. The van der Waals surface area contributed by atoms with Gasteiger partial charge in [0.2, 0.25) is 10.0 Å². The molecule has 0 aliphatic carbocycles. The van der Waals surface area contributed by atoms with Gasteiger partial charge in [-0.1, -0.05) is 78.7 Å². The van der Waals surface area contributed by atoms with Gasteiger partial charge in [0.15, 0.2) is 0 Å². The lowest BCUT2D eigenvalue weighted by Crippen LogP contribution is -2.30. The molecule has 8 heteroatoms. The topological polar surface area (TPSA) is 66.5 Å². The van der Waals surface area contributed by atoms with E-state index in [2.05, 4.69) is 12.2 Å². The predicted molar refractivity (Wildman–Crippen MR) is 131 cm³/mol. The van der Waals surface area contributed by atoms with E-state index in [4.69, 9.17) is 23.2 Å². The van der Waals surface area contributed by atoms with Crippen molar-refractivity contribution >= 4 is 44.8 Å². The van der Waals surface area contributed by atoms with E-state index < -0.39 is 10.0 Å². The van der Waals surface area contributed by atoms with E-state index >= 15 is 0 Å². The first kappa shape index (κ1) is 24.1. The molecule has 3 aromatic rings. The lowest BCUT2D eigenvalue weighted by molar-refractivity contribution is 0.0951. The number of amides is 1. The molecule has 0 saturated carbocycles. The monoisotopic (exact) mass is 490 g/mol. The first-order valence-electron chi connectivity index (χ1n) is 10.0. The molecular weight excluding hydrogens is 467 g/mol. The van der Waals surface area contributed by atoms with Gasteiger partial charge in [-0.3, -0.25) is 9.10 Å². The van der Waals surface area contributed by atoms with Gasteiger partial charge in [0, 0.05) is 12.1 Å². The molecule has 1 N–H and O–H groups in total. The Kier molecular flexibility index (Phi) is 7.82. The highest BCUT2D eigenvalue weighted by atomic mass is 35.5. The molecule has 5 nitrogen and oxygen atoms in total. The molecule has 0 fully saturated rings. The van der Waals surface area contributed by atoms with Gasteiger partial charge in [-0.25, -0.2) is 8.42 Å². The van der Waals surface area contributed by atoms with Crippen LogP contribution in [0.15, 0.2) is 72.8 Å². The summed E-state index contributed by atoms with van der Waals surface area (Å²) >= 11 is 12.3. The van der Waals surface area contributed by atoms with Crippen LogP contribution in [0.2, 0.25) is 10.0 Å². The number of rotatable bonds is 8. The number of carbonyl (C=O) groups is 1. The molecule has 3 aromatic carbocycles. The van der Waals surface area contributed by atoms with E-state index in [0.717, 1.165) is 11.8 Å². The molecule has 1 amide bonds. The zero-order valence-electron chi connectivity index (χ0n) is 17.8. The van der Waals surface area contributed by atoms with Crippen molar-refractivity contribution in [1.82, 2.24) is 5.32 Å². The van der Waals surface area contributed by atoms with Crippen molar-refractivity contribution in [2.24, 2.45) is 0 Å². The Morgan fingerprint density at radius 3 is 2.25 bits per heavy atom. The first-order valence-corrected chi connectivity index (χ1v) is 12.6. The number of hydrogen-bond acceptors (Lipinski definition) is 3. The van der Waals surface area contributed by atoms with Gasteiger partial charge in [-0.2, -0.15) is 0 Å². The summed E-state index contributed by atoms with van der Waals surface area (Å²) in [5.74, 6) is 0.00220. The van der Waals surface area contributed by atoms with Crippen LogP contribution < -0.4 is 9.62 Å². The zero-order chi connectivity index (χ0) is 23.3. The molecule has 0 unspecified atom stereocenters. The number of halogens is 2. The zero-order valence-corrected chi connectivity index (χ0v) is 20.1. The highest BCUT2D eigenvalue weighted by Crippen LogP contribution is 2.34. The summed E-state index contributed by atoms with van der Waals surface area (Å²) in [4.78, 5) is 12.5. The minimum atomic E-state index is -3.62. The third-order valence-electron chi connectivity index (χ3n) is 5.08. The second kappa shape index (κ2) is 10.4. The Hall–Kier alpha value is -2.54. The molecular formula is C24H24Cl2N2O3S. The number of sulfonamides is 1. The van der Waals surface area contributed by atoms with Crippen LogP contribution in [0.1, 0.15) is 34.3 Å². The molecule has 0 aromatic heterocycles. The first-order chi connectivity index (χ1) is 15.2. The Morgan fingerprint density at radius 2 is 1.62 bits per heavy atom. The summed E-state index contributed by atoms with van der Waals surface area (Å²) < 4.78 is 26.0. The molecule has 32 heavy (non-hydrogen) atoms. The number of carbonyl (C=O) groups excluding carboxylic acids is 1. The maximum atomic E-state index is 12.5. The largest absolute Gasteiger partial charge is 0.351 e. The highest BCUT2D eigenvalue weighted by molar-refractivity contribution is 7.92. The fraction of sp³-hybridized carbons (Fsp3) is 0.208. The summed E-state index contributed by atoms with van der Waals surface area (Å²) in [6, 6.07) is 21.6. The van der Waals surface area contributed by atoms with Gasteiger partial charge < -0.3 is 5.32 Å². The molecule has 0 saturated heterocycles. The summed E-state index contributed by atoms with van der Waals surface area (Å²) in [6.45, 7) is 2.63. The number of anilines is 1. The molecule has 168 valence electrons. The van der Waals surface area contributed by atoms with E-state index in [9.17, 15) is 13.2 Å². The maximum Gasteiger partial charge on any atom is 0.251 e. The standard InChI is InChI=1S/C24H24Cl2N2O3S/c1-17(19-7-4-3-5-8-19)15-27-24(29)20-13-11-18(12-14-20)16-28(32(2,30)31)22-10-6-9-21(25)23(22)26/h3-14,17H,15-16H2,1-2H3,(H,27,29)/t17-/m1/s1. The van der Waals surface area contributed by atoms with E-state index in [1.807, 2.05) is 30.3 Å². The average molecular weight is 491 g/mol. The molecule has 0 aliphatic rings. The molecule has 0 heterocycles. The minimum Gasteiger partial charge on any atom is -0.351 e. The van der Waals surface area contributed by atoms with Crippen LogP contribution in [-0.4, -0.2) is 27.1 Å². The predicted octanol–water partition coefficient (Wildman–Crippen LogP) is 5.49. The number of hydrogen-bond donors (Lipinski definition) is 1. The molecule has 1 atom stereocenters. The second-order valence-corrected chi connectivity index (χ2v) is 10.3. The quantitative estimate of drug-likeness (QED) is 0.453. The summed E-state index contributed by atoms with van der Waals surface area (Å²) in [6.07, 6.45) is 1.11. The number of nitrogens with zero attached hydrogens (tertiary/aromatic N) is 1. The van der Waals surface area contributed by atoms with Gasteiger partial charge in [0.1, 0.15) is 0 Å². The van der Waals surface area contributed by atoms with Crippen LogP contribution in [0.3, 0.4) is 0 Å². The van der Waals surface area contributed by atoms with Crippen molar-refractivity contribution in [3.05, 3.63) is 99.5 Å². The van der Waals surface area contributed by atoms with Gasteiger partial charge >= 0.3 is 0 Å². The Labute approximate surface area is 199 Å². The van der Waals surface area contributed by atoms with Gasteiger partial charge in [-0.05, 0) is 41.3 Å². The van der Waals surface area contributed by atoms with Crippen molar-refractivity contribution in [1.29, 1.82) is 0 Å². The van der Waals surface area contributed by atoms with Crippen molar-refractivity contribution in [3.63, 3.8) is 0 Å². The number of nitrogens with one attached hydrogen (secondary N) is 1. The van der Waals surface area contributed by atoms with Crippen molar-refractivity contribution < 1.29 is 13.2 Å². The molecule has 0 aliphatic heterocycles. The smallest absolute Gasteiger partial charge is 0.251 e. The van der Waals surface area contributed by atoms with Crippen molar-refractivity contribution in [2.75, 3.05) is 17.1 Å². The molecule has 0 spiro atoms. The fourth-order valence-corrected chi connectivity index (χ4v) is 4.58. The Morgan fingerprint density at radius 1 is 0.969 bits per heavy atom. The Balaban J connectivity index is 1.70. The Bertz CT molecular complexity index is 1180. The van der Waals surface area contributed by atoms with Crippen LogP contribution in [0.4, 0.5) is 5.69 Å². The van der Waals surface area contributed by atoms with Crippen LogP contribution >= 0.6 is 23.2 Å². The maximum absolute atomic E-state index is 12.5. The van der Waals surface area contributed by atoms with Gasteiger partial charge in [0.25, 0.3) is 5.91 Å². The fourth-order valence-electron chi connectivity index (χ4n) is 3.24. The molecule has 0 bridgehead atoms. The van der Waals surface area contributed by atoms with Crippen LogP contribution in [0.25, 0.3) is 0 Å². The highest BCUT2D eigenvalue weighted by Gasteiger charge is 2.21. The van der Waals surface area contributed by atoms with Crippen LogP contribution in [-0.2, 0) is 16.6 Å². The normalized spacial score (nSPS) is 12.2. The SMILES string of the molecule is C[C@H](CNC(=O)c1ccc(CN(c2cccc(Cl)c2Cl)S(C)(=O)=O)cc1)c1ccccc1. The third kappa shape index (κ3) is 6.03. The van der Waals surface area contributed by atoms with Gasteiger partial charge in [0.05, 0.1) is 28.5 Å². The van der Waals surface area contributed by atoms with E-state index in [-0.39, 0.29) is 28.4 Å². The molecule has 0 radical (unpaired) electrons. The summed E-state index contributed by atoms with van der Waals surface area (Å²) in [5, 5.41) is 3.39. The van der Waals surface area contributed by atoms with Crippen LogP contribution in [0.5, 0.6) is 0 Å².